The third kappa shape index (κ3) is 5.67. The summed E-state index contributed by atoms with van der Waals surface area (Å²) < 4.78 is 6.53. The highest BCUT2D eigenvalue weighted by molar-refractivity contribution is 5.97. The second kappa shape index (κ2) is 12.5. The highest BCUT2D eigenvalue weighted by Crippen LogP contribution is 2.44. The summed E-state index contributed by atoms with van der Waals surface area (Å²) in [5.41, 5.74) is 4.67. The Balaban J connectivity index is 1.20. The van der Waals surface area contributed by atoms with Gasteiger partial charge in [0.1, 0.15) is 12.4 Å². The number of aryl methyl sites for hydroxylation is 1. The number of hydrogen-bond acceptors (Lipinski definition) is 9. The summed E-state index contributed by atoms with van der Waals surface area (Å²) >= 11 is 0. The predicted octanol–water partition coefficient (Wildman–Crippen LogP) is 3.82. The van der Waals surface area contributed by atoms with Crippen molar-refractivity contribution in [2.24, 2.45) is 0 Å². The van der Waals surface area contributed by atoms with Crippen molar-refractivity contribution in [3.8, 4) is 12.1 Å². The average Bonchev–Trinajstić information content (AvgIpc) is 3.72. The summed E-state index contributed by atoms with van der Waals surface area (Å²) in [6.45, 7) is 11.7. The minimum Gasteiger partial charge on any atom is -0.461 e. The third-order valence-corrected chi connectivity index (χ3v) is 10.6. The molecular weight excluding hydrogens is 576 g/mol. The van der Waals surface area contributed by atoms with Crippen LogP contribution >= 0.6 is 0 Å². The van der Waals surface area contributed by atoms with Gasteiger partial charge in [-0.25, -0.2) is 0 Å². The molecule has 1 aliphatic carbocycles. The molecule has 3 aliphatic heterocycles. The van der Waals surface area contributed by atoms with Crippen molar-refractivity contribution >= 4 is 28.2 Å². The number of carbonyl (C=O) groups is 1. The molecule has 2 saturated heterocycles. The van der Waals surface area contributed by atoms with Crippen molar-refractivity contribution in [2.45, 2.75) is 63.2 Å². The molecular formula is C36H44N8O2. The number of likely N-dealkylation sites (tertiary alicyclic amines) is 1. The number of nitrogens with zero attached hydrogens (tertiary/aromatic N) is 7. The molecule has 0 bridgehead atoms. The number of ether oxygens (including phenoxy) is 1. The first kappa shape index (κ1) is 30.5. The van der Waals surface area contributed by atoms with Gasteiger partial charge in [0.05, 0.1) is 36.3 Å². The number of likely N-dealkylation sites (N-methyl/N-ethyl adjacent to an activating group) is 1. The van der Waals surface area contributed by atoms with Gasteiger partial charge in [0, 0.05) is 61.9 Å². The number of nitrogens with one attached hydrogen (secondary N) is 1. The number of carbonyl (C=O) groups excluding carboxylic acids is 1. The number of aromatic nitrogens is 2. The van der Waals surface area contributed by atoms with Crippen molar-refractivity contribution in [3.05, 3.63) is 65.9 Å². The van der Waals surface area contributed by atoms with Crippen LogP contribution in [0.25, 0.3) is 10.8 Å². The zero-order valence-electron chi connectivity index (χ0n) is 27.0. The molecule has 3 aromatic rings. The molecule has 0 spiro atoms. The topological polar surface area (TPSA) is 101 Å². The van der Waals surface area contributed by atoms with E-state index in [-0.39, 0.29) is 23.9 Å². The summed E-state index contributed by atoms with van der Waals surface area (Å²) in [7, 11) is 2.05. The molecule has 4 heterocycles. The van der Waals surface area contributed by atoms with Gasteiger partial charge in [0.25, 0.3) is 0 Å². The van der Waals surface area contributed by atoms with Crippen molar-refractivity contribution in [1.82, 2.24) is 25.1 Å². The summed E-state index contributed by atoms with van der Waals surface area (Å²) in [5.74, 6) is 0.746. The van der Waals surface area contributed by atoms with E-state index >= 15 is 0 Å². The Morgan fingerprint density at radius 2 is 1.96 bits per heavy atom. The highest BCUT2D eigenvalue weighted by atomic mass is 16.5. The van der Waals surface area contributed by atoms with Crippen LogP contribution in [0.15, 0.2) is 49.1 Å². The Morgan fingerprint density at radius 3 is 2.70 bits per heavy atom. The van der Waals surface area contributed by atoms with Crippen molar-refractivity contribution < 1.29 is 9.53 Å². The number of rotatable bonds is 9. The van der Waals surface area contributed by atoms with E-state index in [1.165, 1.54) is 28.1 Å². The van der Waals surface area contributed by atoms with Crippen molar-refractivity contribution in [1.29, 1.82) is 5.26 Å². The molecule has 240 valence electrons. The molecule has 10 heteroatoms. The van der Waals surface area contributed by atoms with Gasteiger partial charge in [0.15, 0.2) is 0 Å². The summed E-state index contributed by atoms with van der Waals surface area (Å²) in [5, 5.41) is 15.6. The maximum Gasteiger partial charge on any atom is 0.318 e. The molecule has 1 saturated carbocycles. The van der Waals surface area contributed by atoms with Gasteiger partial charge < -0.3 is 24.8 Å². The maximum absolute atomic E-state index is 12.6. The first-order valence-corrected chi connectivity index (χ1v) is 16.7. The minimum absolute atomic E-state index is 0.0616. The largest absolute Gasteiger partial charge is 0.461 e. The van der Waals surface area contributed by atoms with Gasteiger partial charge in [-0.05, 0) is 62.7 Å². The van der Waals surface area contributed by atoms with E-state index in [0.717, 1.165) is 62.4 Å². The van der Waals surface area contributed by atoms with Crippen LogP contribution in [0.4, 0.5) is 11.5 Å². The molecule has 1 amide bonds. The number of amides is 1. The third-order valence-electron chi connectivity index (χ3n) is 10.6. The first-order chi connectivity index (χ1) is 22.4. The molecule has 10 nitrogen and oxygen atoms in total. The number of fused-ring (bicyclic) bond motifs is 2. The Morgan fingerprint density at radius 1 is 1.13 bits per heavy atom. The number of piperazine rings is 1. The normalized spacial score (nSPS) is 22.4. The van der Waals surface area contributed by atoms with Crippen molar-refractivity contribution in [2.75, 3.05) is 62.7 Å². The van der Waals surface area contributed by atoms with Crippen LogP contribution in [0, 0.1) is 18.3 Å². The van der Waals surface area contributed by atoms with E-state index in [2.05, 4.69) is 76.0 Å². The van der Waals surface area contributed by atoms with Crippen LogP contribution in [0.1, 0.15) is 42.5 Å². The lowest BCUT2D eigenvalue weighted by atomic mass is 9.99. The maximum atomic E-state index is 12.6. The van der Waals surface area contributed by atoms with Crippen LogP contribution in [-0.2, 0) is 17.8 Å². The van der Waals surface area contributed by atoms with Gasteiger partial charge in [-0.1, -0.05) is 36.9 Å². The van der Waals surface area contributed by atoms with E-state index in [0.29, 0.717) is 44.8 Å². The second-order valence-electron chi connectivity index (χ2n) is 13.3. The van der Waals surface area contributed by atoms with Gasteiger partial charge in [0.2, 0.25) is 5.91 Å². The lowest BCUT2D eigenvalue weighted by Crippen LogP contribution is -2.55. The van der Waals surface area contributed by atoms with E-state index in [9.17, 15) is 10.1 Å². The zero-order valence-corrected chi connectivity index (χ0v) is 27.0. The summed E-state index contributed by atoms with van der Waals surface area (Å²) in [6.07, 6.45) is 5.81. The minimum atomic E-state index is -0.233. The molecule has 4 aliphatic rings. The fourth-order valence-corrected chi connectivity index (χ4v) is 7.75. The SMILES string of the molecule is C=CC(=O)N1CCN(c2nc(OCC3(N4CC[C@@H](NC)C4)CC3)nc3c2CCN(c2cccc4cccc(C)c24)C3)C[C@@H]1CC#N. The predicted molar refractivity (Wildman–Crippen MR) is 180 cm³/mol. The molecule has 0 unspecified atom stereocenters. The molecule has 2 aromatic carbocycles. The standard InChI is InChI=1S/C36H44N8O2/c1-4-32(45)44-20-19-42(22-28(44)11-16-37)34-29-13-17-41(31-10-6-9-26-8-5-7-25(2)33(26)31)23-30(29)39-35(40-34)46-24-36(14-15-36)43-18-12-27(21-43)38-3/h4-10,27-28,38H,1,11-15,17-24H2,2-3H3/t27-,28+/m1/s1. The molecule has 1 aromatic heterocycles. The summed E-state index contributed by atoms with van der Waals surface area (Å²) in [6, 6.07) is 16.0. The highest BCUT2D eigenvalue weighted by Gasteiger charge is 2.51. The number of hydrogen-bond donors (Lipinski definition) is 1. The van der Waals surface area contributed by atoms with Crippen LogP contribution in [0.5, 0.6) is 6.01 Å². The van der Waals surface area contributed by atoms with E-state index in [1.807, 2.05) is 7.05 Å². The van der Waals surface area contributed by atoms with Gasteiger partial charge >= 0.3 is 6.01 Å². The molecule has 0 radical (unpaired) electrons. The molecule has 2 atom stereocenters. The van der Waals surface area contributed by atoms with Gasteiger partial charge in [-0.2, -0.15) is 15.2 Å². The van der Waals surface area contributed by atoms with Crippen molar-refractivity contribution in [3.63, 3.8) is 0 Å². The Bertz CT molecular complexity index is 1680. The van der Waals surface area contributed by atoms with E-state index in [1.54, 1.807) is 4.90 Å². The van der Waals surface area contributed by atoms with E-state index < -0.39 is 0 Å². The molecule has 1 N–H and O–H groups in total. The van der Waals surface area contributed by atoms with Gasteiger partial charge in [-0.15, -0.1) is 0 Å². The molecule has 7 rings (SSSR count). The Labute approximate surface area is 271 Å². The first-order valence-electron chi connectivity index (χ1n) is 16.7. The fourth-order valence-electron chi connectivity index (χ4n) is 7.75. The quantitative estimate of drug-likeness (QED) is 0.358. The number of benzene rings is 2. The molecule has 3 fully saturated rings. The van der Waals surface area contributed by atoms with Crippen LogP contribution < -0.4 is 19.9 Å². The smallest absolute Gasteiger partial charge is 0.318 e. The van der Waals surface area contributed by atoms with Crippen LogP contribution in [0.3, 0.4) is 0 Å². The lowest BCUT2D eigenvalue weighted by Gasteiger charge is -2.42. The Kier molecular flexibility index (Phi) is 8.30. The average molecular weight is 621 g/mol. The fraction of sp³-hybridized carbons (Fsp3) is 0.500. The zero-order chi connectivity index (χ0) is 31.8. The van der Waals surface area contributed by atoms with E-state index in [4.69, 9.17) is 14.7 Å². The lowest BCUT2D eigenvalue weighted by molar-refractivity contribution is -0.128. The Hall–Kier alpha value is -4.20. The second-order valence-corrected chi connectivity index (χ2v) is 13.3. The molecule has 46 heavy (non-hydrogen) atoms. The monoisotopic (exact) mass is 620 g/mol. The summed E-state index contributed by atoms with van der Waals surface area (Å²) in [4.78, 5) is 31.8. The van der Waals surface area contributed by atoms with Crippen LogP contribution in [0.2, 0.25) is 0 Å². The van der Waals surface area contributed by atoms with Gasteiger partial charge in [-0.3, -0.25) is 9.69 Å². The number of nitriles is 1. The van der Waals surface area contributed by atoms with Crippen LogP contribution in [-0.4, -0.2) is 96.2 Å². The number of anilines is 2.